The Hall–Kier alpha value is -1.17. The third-order valence-corrected chi connectivity index (χ3v) is 4.81. The molecule has 114 valence electrons. The average Bonchev–Trinajstić information content (AvgIpc) is 3.31. The summed E-state index contributed by atoms with van der Waals surface area (Å²) in [6.07, 6.45) is 5.43. The summed E-state index contributed by atoms with van der Waals surface area (Å²) in [5.41, 5.74) is 0. The molecule has 4 nitrogen and oxygen atoms in total. The van der Waals surface area contributed by atoms with Crippen LogP contribution in [-0.2, 0) is 4.79 Å². The Kier molecular flexibility index (Phi) is 4.15. The summed E-state index contributed by atoms with van der Waals surface area (Å²) in [5.74, 6) is 0.651. The molecule has 0 radical (unpaired) electrons. The SMILES string of the molecule is CN(C(=O)C1CC1)C1CCN(c2ncc(Br)cc2F)CC1. The molecule has 0 atom stereocenters. The number of nitrogens with zero attached hydrogens (tertiary/aromatic N) is 3. The van der Waals surface area contributed by atoms with Gasteiger partial charge in [-0.05, 0) is 47.7 Å². The summed E-state index contributed by atoms with van der Waals surface area (Å²) in [5, 5.41) is 0. The second-order valence-electron chi connectivity index (χ2n) is 5.90. The zero-order chi connectivity index (χ0) is 15.0. The first kappa shape index (κ1) is 14.8. The van der Waals surface area contributed by atoms with E-state index in [1.807, 2.05) is 16.8 Å². The van der Waals surface area contributed by atoms with Crippen LogP contribution in [0.25, 0.3) is 0 Å². The van der Waals surface area contributed by atoms with Crippen LogP contribution in [0.15, 0.2) is 16.7 Å². The van der Waals surface area contributed by atoms with E-state index in [0.717, 1.165) is 38.8 Å². The maximum atomic E-state index is 13.9. The van der Waals surface area contributed by atoms with Crippen molar-refractivity contribution >= 4 is 27.7 Å². The number of aromatic nitrogens is 1. The summed E-state index contributed by atoms with van der Waals surface area (Å²) in [4.78, 5) is 20.1. The van der Waals surface area contributed by atoms with Gasteiger partial charge >= 0.3 is 0 Å². The summed E-state index contributed by atoms with van der Waals surface area (Å²) >= 11 is 3.22. The van der Waals surface area contributed by atoms with Gasteiger partial charge in [-0.2, -0.15) is 0 Å². The minimum absolute atomic E-state index is 0.263. The lowest BCUT2D eigenvalue weighted by Crippen LogP contribution is -2.46. The van der Waals surface area contributed by atoms with E-state index >= 15 is 0 Å². The Morgan fingerprint density at radius 1 is 1.38 bits per heavy atom. The number of amides is 1. The highest BCUT2D eigenvalue weighted by molar-refractivity contribution is 9.10. The largest absolute Gasteiger partial charge is 0.354 e. The minimum Gasteiger partial charge on any atom is -0.354 e. The summed E-state index contributed by atoms with van der Waals surface area (Å²) < 4.78 is 14.6. The molecule has 1 aliphatic carbocycles. The van der Waals surface area contributed by atoms with Gasteiger partial charge in [-0.1, -0.05) is 0 Å². The number of carbonyl (C=O) groups is 1. The molecular formula is C15H19BrFN3O. The highest BCUT2D eigenvalue weighted by Gasteiger charge is 2.35. The first-order chi connectivity index (χ1) is 10.1. The first-order valence-electron chi connectivity index (χ1n) is 7.39. The molecular weight excluding hydrogens is 337 g/mol. The standard InChI is InChI=1S/C15H19BrFN3O/c1-19(15(21)10-2-3-10)12-4-6-20(7-5-12)14-13(17)8-11(16)9-18-14/h8-10,12H,2-7H2,1H3. The second-order valence-corrected chi connectivity index (χ2v) is 6.82. The number of carbonyl (C=O) groups excluding carboxylic acids is 1. The molecule has 0 spiro atoms. The lowest BCUT2D eigenvalue weighted by molar-refractivity contribution is -0.133. The number of hydrogen-bond donors (Lipinski definition) is 0. The van der Waals surface area contributed by atoms with E-state index in [0.29, 0.717) is 10.3 Å². The van der Waals surface area contributed by atoms with Crippen LogP contribution in [0.1, 0.15) is 25.7 Å². The molecule has 6 heteroatoms. The quantitative estimate of drug-likeness (QED) is 0.836. The fourth-order valence-corrected chi connectivity index (χ4v) is 3.21. The van der Waals surface area contributed by atoms with Crippen molar-refractivity contribution in [3.8, 4) is 0 Å². The fraction of sp³-hybridized carbons (Fsp3) is 0.600. The van der Waals surface area contributed by atoms with Crippen LogP contribution in [0.2, 0.25) is 0 Å². The molecule has 0 bridgehead atoms. The van der Waals surface area contributed by atoms with E-state index in [2.05, 4.69) is 20.9 Å². The number of piperidine rings is 1. The number of halogens is 2. The highest BCUT2D eigenvalue weighted by Crippen LogP contribution is 2.32. The summed E-state index contributed by atoms with van der Waals surface area (Å²) in [6, 6.07) is 1.71. The van der Waals surface area contributed by atoms with Crippen molar-refractivity contribution in [1.82, 2.24) is 9.88 Å². The van der Waals surface area contributed by atoms with E-state index < -0.39 is 0 Å². The van der Waals surface area contributed by atoms with Gasteiger partial charge in [-0.15, -0.1) is 0 Å². The molecule has 1 saturated carbocycles. The van der Waals surface area contributed by atoms with Gasteiger partial charge in [0.1, 0.15) is 0 Å². The van der Waals surface area contributed by atoms with E-state index in [4.69, 9.17) is 0 Å². The van der Waals surface area contributed by atoms with Crippen molar-refractivity contribution in [2.24, 2.45) is 5.92 Å². The topological polar surface area (TPSA) is 36.4 Å². The van der Waals surface area contributed by atoms with Crippen LogP contribution in [0.4, 0.5) is 10.2 Å². The Morgan fingerprint density at radius 3 is 2.62 bits per heavy atom. The van der Waals surface area contributed by atoms with Gasteiger partial charge in [0.25, 0.3) is 0 Å². The van der Waals surface area contributed by atoms with Crippen LogP contribution in [0, 0.1) is 11.7 Å². The monoisotopic (exact) mass is 355 g/mol. The minimum atomic E-state index is -0.301. The Balaban J connectivity index is 1.60. The number of anilines is 1. The molecule has 3 rings (SSSR count). The fourth-order valence-electron chi connectivity index (χ4n) is 2.90. The zero-order valence-corrected chi connectivity index (χ0v) is 13.6. The maximum absolute atomic E-state index is 13.9. The van der Waals surface area contributed by atoms with Gasteiger partial charge in [0.05, 0.1) is 0 Å². The molecule has 2 fully saturated rings. The number of rotatable bonds is 3. The molecule has 2 aliphatic rings. The van der Waals surface area contributed by atoms with Crippen LogP contribution >= 0.6 is 15.9 Å². The Labute approximate surface area is 132 Å². The van der Waals surface area contributed by atoms with Crippen molar-refractivity contribution in [3.05, 3.63) is 22.6 Å². The first-order valence-corrected chi connectivity index (χ1v) is 8.18. The summed E-state index contributed by atoms with van der Waals surface area (Å²) in [6.45, 7) is 1.47. The molecule has 0 N–H and O–H groups in total. The molecule has 0 aromatic carbocycles. The van der Waals surface area contributed by atoms with Crippen molar-refractivity contribution in [3.63, 3.8) is 0 Å². The van der Waals surface area contributed by atoms with Crippen LogP contribution in [0.3, 0.4) is 0 Å². The summed E-state index contributed by atoms with van der Waals surface area (Å²) in [7, 11) is 1.90. The van der Waals surface area contributed by atoms with Gasteiger partial charge in [-0.25, -0.2) is 9.37 Å². The molecule has 1 aliphatic heterocycles. The maximum Gasteiger partial charge on any atom is 0.225 e. The lowest BCUT2D eigenvalue weighted by atomic mass is 10.0. The van der Waals surface area contributed by atoms with Crippen molar-refractivity contribution in [2.75, 3.05) is 25.0 Å². The molecule has 21 heavy (non-hydrogen) atoms. The average molecular weight is 356 g/mol. The lowest BCUT2D eigenvalue weighted by Gasteiger charge is -2.37. The zero-order valence-electron chi connectivity index (χ0n) is 12.1. The van der Waals surface area contributed by atoms with E-state index in [-0.39, 0.29) is 23.7 Å². The van der Waals surface area contributed by atoms with E-state index in [1.54, 1.807) is 6.20 Å². The van der Waals surface area contributed by atoms with Crippen LogP contribution in [-0.4, -0.2) is 42.0 Å². The van der Waals surface area contributed by atoms with Gasteiger partial charge in [-0.3, -0.25) is 4.79 Å². The second kappa shape index (κ2) is 5.91. The molecule has 1 amide bonds. The molecule has 1 saturated heterocycles. The predicted octanol–water partition coefficient (Wildman–Crippen LogP) is 2.82. The van der Waals surface area contributed by atoms with Crippen LogP contribution in [0.5, 0.6) is 0 Å². The molecule has 2 heterocycles. The van der Waals surface area contributed by atoms with Crippen molar-refractivity contribution in [1.29, 1.82) is 0 Å². The Morgan fingerprint density at radius 2 is 2.05 bits per heavy atom. The van der Waals surface area contributed by atoms with E-state index in [9.17, 15) is 9.18 Å². The van der Waals surface area contributed by atoms with Gasteiger partial charge in [0, 0.05) is 42.8 Å². The van der Waals surface area contributed by atoms with Crippen LogP contribution < -0.4 is 4.90 Å². The van der Waals surface area contributed by atoms with Gasteiger partial charge in [0.2, 0.25) is 5.91 Å². The van der Waals surface area contributed by atoms with Crippen molar-refractivity contribution < 1.29 is 9.18 Å². The predicted molar refractivity (Wildman–Crippen MR) is 82.6 cm³/mol. The molecule has 0 unspecified atom stereocenters. The number of pyridine rings is 1. The number of hydrogen-bond acceptors (Lipinski definition) is 3. The highest BCUT2D eigenvalue weighted by atomic mass is 79.9. The molecule has 1 aromatic rings. The van der Waals surface area contributed by atoms with Crippen molar-refractivity contribution in [2.45, 2.75) is 31.7 Å². The molecule has 1 aromatic heterocycles. The Bertz CT molecular complexity index is 542. The third kappa shape index (κ3) is 3.20. The van der Waals surface area contributed by atoms with Gasteiger partial charge in [0.15, 0.2) is 11.6 Å². The van der Waals surface area contributed by atoms with E-state index in [1.165, 1.54) is 6.07 Å². The third-order valence-electron chi connectivity index (χ3n) is 4.37. The normalized spacial score (nSPS) is 19.7. The smallest absolute Gasteiger partial charge is 0.225 e. The van der Waals surface area contributed by atoms with Gasteiger partial charge < -0.3 is 9.80 Å².